The molecule has 0 N–H and O–H groups in total. The predicted octanol–water partition coefficient (Wildman–Crippen LogP) is 3.97. The number of methoxy groups -OCH3 is 1. The maximum absolute atomic E-state index is 5.55. The molecular weight excluding hydrogens is 308 g/mol. The Morgan fingerprint density at radius 3 is 3.13 bits per heavy atom. The molecule has 0 spiro atoms. The lowest BCUT2D eigenvalue weighted by molar-refractivity contribution is 0.216. The van der Waals surface area contributed by atoms with E-state index in [9.17, 15) is 0 Å². The molecule has 1 aromatic carbocycles. The van der Waals surface area contributed by atoms with Gasteiger partial charge in [0.25, 0.3) is 0 Å². The van der Waals surface area contributed by atoms with Gasteiger partial charge in [-0.25, -0.2) is 0 Å². The Morgan fingerprint density at radius 2 is 2.22 bits per heavy atom. The molecule has 3 heterocycles. The summed E-state index contributed by atoms with van der Waals surface area (Å²) in [6.45, 7) is 2.85. The largest absolute Gasteiger partial charge is 0.496 e. The number of thiophene rings is 1. The summed E-state index contributed by atoms with van der Waals surface area (Å²) in [5.41, 5.74) is 3.24. The Bertz CT molecular complexity index is 809. The van der Waals surface area contributed by atoms with Gasteiger partial charge in [-0.1, -0.05) is 17.3 Å². The molecule has 1 aliphatic rings. The minimum Gasteiger partial charge on any atom is -0.496 e. The molecule has 0 fully saturated rings. The number of hydrogen-bond donors (Lipinski definition) is 0. The van der Waals surface area contributed by atoms with E-state index in [1.54, 1.807) is 7.11 Å². The molecule has 0 amide bonds. The van der Waals surface area contributed by atoms with E-state index >= 15 is 0 Å². The first-order valence-corrected chi connectivity index (χ1v) is 8.58. The Kier molecular flexibility index (Phi) is 3.89. The van der Waals surface area contributed by atoms with Crippen LogP contribution < -0.4 is 4.74 Å². The fourth-order valence-electron chi connectivity index (χ4n) is 3.03. The molecule has 1 aliphatic heterocycles. The van der Waals surface area contributed by atoms with Crippen LogP contribution in [0.3, 0.4) is 0 Å². The molecule has 0 aliphatic carbocycles. The molecule has 0 saturated carbocycles. The molecule has 0 bridgehead atoms. The Labute approximate surface area is 139 Å². The zero-order chi connectivity index (χ0) is 15.6. The summed E-state index contributed by atoms with van der Waals surface area (Å²) in [5, 5.41) is 6.40. The van der Waals surface area contributed by atoms with E-state index in [1.807, 2.05) is 41.7 Å². The van der Waals surface area contributed by atoms with Gasteiger partial charge in [0.15, 0.2) is 5.76 Å². The molecule has 4 rings (SSSR count). The van der Waals surface area contributed by atoms with Crippen LogP contribution in [0.15, 0.2) is 46.3 Å². The van der Waals surface area contributed by atoms with Gasteiger partial charge in [0, 0.05) is 29.6 Å². The molecule has 2 aromatic heterocycles. The molecular formula is C18H18N2O2S. The highest BCUT2D eigenvalue weighted by molar-refractivity contribution is 7.10. The Morgan fingerprint density at radius 1 is 1.30 bits per heavy atom. The standard InChI is InChI=1S/C18H18N2O2S/c1-21-17-5-3-2-4-15(17)16-10-14(22-19-16)12-20-8-6-18-13(11-20)7-9-23-18/h2-5,7,9-10H,6,8,11-12H2,1H3. The number of rotatable bonds is 4. The quantitative estimate of drug-likeness (QED) is 0.727. The van der Waals surface area contributed by atoms with Crippen molar-refractivity contribution in [2.24, 2.45) is 0 Å². The summed E-state index contributed by atoms with van der Waals surface area (Å²) in [4.78, 5) is 3.93. The molecule has 5 heteroatoms. The molecule has 0 saturated heterocycles. The Balaban J connectivity index is 1.51. The first-order chi connectivity index (χ1) is 11.3. The first kappa shape index (κ1) is 14.5. The highest BCUT2D eigenvalue weighted by Gasteiger charge is 2.19. The average Bonchev–Trinajstić information content (AvgIpc) is 3.23. The second-order valence-corrected chi connectivity index (χ2v) is 6.71. The minimum atomic E-state index is 0.789. The van der Waals surface area contributed by atoms with E-state index in [4.69, 9.17) is 9.26 Å². The highest BCUT2D eigenvalue weighted by Crippen LogP contribution is 2.30. The van der Waals surface area contributed by atoms with Crippen molar-refractivity contribution in [1.82, 2.24) is 10.1 Å². The van der Waals surface area contributed by atoms with E-state index in [0.29, 0.717) is 0 Å². The third-order valence-corrected chi connectivity index (χ3v) is 5.23. The number of aromatic nitrogens is 1. The van der Waals surface area contributed by atoms with E-state index in [1.165, 1.54) is 10.4 Å². The normalized spacial score (nSPS) is 14.7. The number of fused-ring (bicyclic) bond motifs is 1. The van der Waals surface area contributed by atoms with Crippen LogP contribution in [-0.4, -0.2) is 23.7 Å². The van der Waals surface area contributed by atoms with Crippen LogP contribution >= 0.6 is 11.3 Å². The van der Waals surface area contributed by atoms with Gasteiger partial charge in [-0.3, -0.25) is 4.90 Å². The van der Waals surface area contributed by atoms with Crippen molar-refractivity contribution in [1.29, 1.82) is 0 Å². The SMILES string of the molecule is COc1ccccc1-c1cc(CN2CCc3sccc3C2)on1. The van der Waals surface area contributed by atoms with E-state index < -0.39 is 0 Å². The van der Waals surface area contributed by atoms with E-state index in [0.717, 1.165) is 48.8 Å². The lowest BCUT2D eigenvalue weighted by Crippen LogP contribution is -2.28. The van der Waals surface area contributed by atoms with Crippen molar-refractivity contribution < 1.29 is 9.26 Å². The summed E-state index contributed by atoms with van der Waals surface area (Å²) >= 11 is 1.86. The molecule has 0 atom stereocenters. The van der Waals surface area contributed by atoms with Gasteiger partial charge in [0.1, 0.15) is 11.4 Å². The van der Waals surface area contributed by atoms with Gasteiger partial charge in [-0.15, -0.1) is 11.3 Å². The van der Waals surface area contributed by atoms with Gasteiger partial charge in [0.05, 0.1) is 13.7 Å². The van der Waals surface area contributed by atoms with Crippen LogP contribution in [0, 0.1) is 0 Å². The van der Waals surface area contributed by atoms with Crippen molar-refractivity contribution >= 4 is 11.3 Å². The van der Waals surface area contributed by atoms with Crippen molar-refractivity contribution in [2.45, 2.75) is 19.5 Å². The molecule has 3 aromatic rings. The summed E-state index contributed by atoms with van der Waals surface area (Å²) in [5.74, 6) is 1.71. The minimum absolute atomic E-state index is 0.789. The van der Waals surface area contributed by atoms with E-state index in [2.05, 4.69) is 21.5 Å². The lowest BCUT2D eigenvalue weighted by atomic mass is 10.1. The second-order valence-electron chi connectivity index (χ2n) is 5.71. The zero-order valence-electron chi connectivity index (χ0n) is 13.0. The van der Waals surface area contributed by atoms with Gasteiger partial charge >= 0.3 is 0 Å². The van der Waals surface area contributed by atoms with Crippen LogP contribution in [-0.2, 0) is 19.5 Å². The van der Waals surface area contributed by atoms with Crippen molar-refractivity contribution in [3.8, 4) is 17.0 Å². The lowest BCUT2D eigenvalue weighted by Gasteiger charge is -2.25. The number of para-hydroxylation sites is 1. The van der Waals surface area contributed by atoms with Crippen molar-refractivity contribution in [3.05, 3.63) is 58.0 Å². The molecule has 118 valence electrons. The number of nitrogens with zero attached hydrogens (tertiary/aromatic N) is 2. The van der Waals surface area contributed by atoms with Crippen LogP contribution in [0.1, 0.15) is 16.2 Å². The summed E-state index contributed by atoms with van der Waals surface area (Å²) in [6, 6.07) is 12.1. The topological polar surface area (TPSA) is 38.5 Å². The zero-order valence-corrected chi connectivity index (χ0v) is 13.8. The van der Waals surface area contributed by atoms with Gasteiger partial charge in [-0.2, -0.15) is 0 Å². The Hall–Kier alpha value is -2.11. The van der Waals surface area contributed by atoms with Gasteiger partial charge < -0.3 is 9.26 Å². The second kappa shape index (κ2) is 6.18. The van der Waals surface area contributed by atoms with Crippen LogP contribution in [0.25, 0.3) is 11.3 Å². The van der Waals surface area contributed by atoms with Gasteiger partial charge in [0.2, 0.25) is 0 Å². The number of ether oxygens (including phenoxy) is 1. The summed E-state index contributed by atoms with van der Waals surface area (Å²) < 4.78 is 10.9. The predicted molar refractivity (Wildman–Crippen MR) is 90.6 cm³/mol. The number of hydrogen-bond acceptors (Lipinski definition) is 5. The first-order valence-electron chi connectivity index (χ1n) is 7.70. The van der Waals surface area contributed by atoms with Crippen molar-refractivity contribution in [2.75, 3.05) is 13.7 Å². The molecule has 0 radical (unpaired) electrons. The third kappa shape index (κ3) is 2.90. The van der Waals surface area contributed by atoms with Crippen LogP contribution in [0.2, 0.25) is 0 Å². The highest BCUT2D eigenvalue weighted by atomic mass is 32.1. The average molecular weight is 326 g/mol. The fourth-order valence-corrected chi connectivity index (χ4v) is 3.92. The van der Waals surface area contributed by atoms with Crippen LogP contribution in [0.4, 0.5) is 0 Å². The number of benzene rings is 1. The van der Waals surface area contributed by atoms with Crippen LogP contribution in [0.5, 0.6) is 5.75 Å². The van der Waals surface area contributed by atoms with Gasteiger partial charge in [-0.05, 0) is 35.6 Å². The maximum atomic E-state index is 5.55. The summed E-state index contributed by atoms with van der Waals surface area (Å²) in [6.07, 6.45) is 1.13. The molecule has 4 nitrogen and oxygen atoms in total. The fraction of sp³-hybridized carbons (Fsp3) is 0.278. The maximum Gasteiger partial charge on any atom is 0.151 e. The molecule has 23 heavy (non-hydrogen) atoms. The smallest absolute Gasteiger partial charge is 0.151 e. The monoisotopic (exact) mass is 326 g/mol. The molecule has 0 unspecified atom stereocenters. The summed E-state index contributed by atoms with van der Waals surface area (Å²) in [7, 11) is 1.67. The van der Waals surface area contributed by atoms with E-state index in [-0.39, 0.29) is 0 Å². The van der Waals surface area contributed by atoms with Crippen molar-refractivity contribution in [3.63, 3.8) is 0 Å². The third-order valence-electron chi connectivity index (χ3n) is 4.21.